The molecule has 2 unspecified atom stereocenters. The first-order chi connectivity index (χ1) is 15.9. The maximum atomic E-state index is 13.0. The van der Waals surface area contributed by atoms with E-state index in [0.717, 1.165) is 43.4 Å². The molecule has 33 heavy (non-hydrogen) atoms. The zero-order valence-electron chi connectivity index (χ0n) is 20.4. The molecule has 0 N–H and O–H groups in total. The van der Waals surface area contributed by atoms with E-state index < -0.39 is 0 Å². The second-order valence-corrected chi connectivity index (χ2v) is 9.73. The summed E-state index contributed by atoms with van der Waals surface area (Å²) in [5.74, 6) is 3.37. The zero-order chi connectivity index (χ0) is 23.5. The predicted molar refractivity (Wildman–Crippen MR) is 129 cm³/mol. The third-order valence-electron chi connectivity index (χ3n) is 6.73. The number of ether oxygens (including phenoxy) is 3. The molecule has 1 amide bonds. The standard InChI is InChI=1S/C27H36N2O4/c1-18(2)27(30)29(19(3)4)15-21-14-28(13-20-10-11-25-26(12-20)33-17-32-25)16-23(21)22-8-6-7-9-24(22)31-5/h6-12,18-19,21,23H,13-17H2,1-5H3. The zero-order valence-corrected chi connectivity index (χ0v) is 20.4. The number of hydrogen-bond acceptors (Lipinski definition) is 5. The number of fused-ring (bicyclic) bond motifs is 1. The summed E-state index contributed by atoms with van der Waals surface area (Å²) in [7, 11) is 1.73. The smallest absolute Gasteiger partial charge is 0.231 e. The maximum absolute atomic E-state index is 13.0. The molecule has 6 heteroatoms. The van der Waals surface area contributed by atoms with Crippen LogP contribution < -0.4 is 14.2 Å². The lowest BCUT2D eigenvalue weighted by Gasteiger charge is -2.33. The summed E-state index contributed by atoms with van der Waals surface area (Å²) >= 11 is 0. The third kappa shape index (κ3) is 5.11. The Hall–Kier alpha value is -2.73. The van der Waals surface area contributed by atoms with E-state index in [1.807, 2.05) is 32.0 Å². The second-order valence-electron chi connectivity index (χ2n) is 9.73. The van der Waals surface area contributed by atoms with Gasteiger partial charge in [-0.15, -0.1) is 0 Å². The number of para-hydroxylation sites is 1. The van der Waals surface area contributed by atoms with Gasteiger partial charge in [-0.25, -0.2) is 0 Å². The van der Waals surface area contributed by atoms with Crippen LogP contribution in [0.3, 0.4) is 0 Å². The van der Waals surface area contributed by atoms with Crippen LogP contribution in [-0.2, 0) is 11.3 Å². The van der Waals surface area contributed by atoms with E-state index >= 15 is 0 Å². The first-order valence-corrected chi connectivity index (χ1v) is 11.9. The summed E-state index contributed by atoms with van der Waals surface area (Å²) in [5.41, 5.74) is 2.43. The molecule has 2 aromatic carbocycles. The van der Waals surface area contributed by atoms with Crippen molar-refractivity contribution in [3.63, 3.8) is 0 Å². The van der Waals surface area contributed by atoms with Gasteiger partial charge in [0.05, 0.1) is 7.11 Å². The van der Waals surface area contributed by atoms with Gasteiger partial charge in [0.25, 0.3) is 0 Å². The molecule has 1 fully saturated rings. The highest BCUT2D eigenvalue weighted by Gasteiger charge is 2.38. The maximum Gasteiger partial charge on any atom is 0.231 e. The molecule has 0 aromatic heterocycles. The fraction of sp³-hybridized carbons (Fsp3) is 0.519. The molecule has 2 aliphatic heterocycles. The lowest BCUT2D eigenvalue weighted by atomic mass is 9.87. The van der Waals surface area contributed by atoms with Crippen LogP contribution in [0.1, 0.15) is 44.7 Å². The Balaban J connectivity index is 1.58. The molecular formula is C27H36N2O4. The Morgan fingerprint density at radius 3 is 2.58 bits per heavy atom. The van der Waals surface area contributed by atoms with Crippen LogP contribution in [-0.4, -0.2) is 55.3 Å². The molecule has 0 aliphatic carbocycles. The summed E-state index contributed by atoms with van der Waals surface area (Å²) in [6.45, 7) is 11.9. The van der Waals surface area contributed by atoms with Crippen LogP contribution in [0.4, 0.5) is 0 Å². The molecule has 0 saturated carbocycles. The van der Waals surface area contributed by atoms with Crippen LogP contribution in [0.15, 0.2) is 42.5 Å². The van der Waals surface area contributed by atoms with Crippen LogP contribution in [0.5, 0.6) is 17.2 Å². The molecule has 0 spiro atoms. The van der Waals surface area contributed by atoms with Crippen LogP contribution >= 0.6 is 0 Å². The fourth-order valence-corrected chi connectivity index (χ4v) is 5.04. The lowest BCUT2D eigenvalue weighted by Crippen LogP contribution is -2.43. The first kappa shape index (κ1) is 23.4. The molecule has 6 nitrogen and oxygen atoms in total. The molecular weight excluding hydrogens is 416 g/mol. The van der Waals surface area contributed by atoms with Gasteiger partial charge >= 0.3 is 0 Å². The Morgan fingerprint density at radius 1 is 1.09 bits per heavy atom. The fourth-order valence-electron chi connectivity index (χ4n) is 5.04. The van der Waals surface area contributed by atoms with E-state index in [9.17, 15) is 4.79 Å². The number of carbonyl (C=O) groups is 1. The molecule has 0 bridgehead atoms. The SMILES string of the molecule is COc1ccccc1C1CN(Cc2ccc3c(c2)OCO3)CC1CN(C(=O)C(C)C)C(C)C. The molecule has 2 atom stereocenters. The van der Waals surface area contributed by atoms with Gasteiger partial charge in [0.1, 0.15) is 5.75 Å². The first-order valence-electron chi connectivity index (χ1n) is 11.9. The number of amides is 1. The number of carbonyl (C=O) groups excluding carboxylic acids is 1. The average molecular weight is 453 g/mol. The van der Waals surface area contributed by atoms with Crippen molar-refractivity contribution in [1.29, 1.82) is 0 Å². The van der Waals surface area contributed by atoms with Gasteiger partial charge in [0, 0.05) is 44.1 Å². The number of hydrogen-bond donors (Lipinski definition) is 0. The topological polar surface area (TPSA) is 51.2 Å². The van der Waals surface area contributed by atoms with Crippen molar-refractivity contribution < 1.29 is 19.0 Å². The average Bonchev–Trinajstić information content (AvgIpc) is 3.43. The minimum Gasteiger partial charge on any atom is -0.496 e. The summed E-state index contributed by atoms with van der Waals surface area (Å²) < 4.78 is 16.8. The van der Waals surface area contributed by atoms with Gasteiger partial charge in [-0.2, -0.15) is 0 Å². The molecule has 1 saturated heterocycles. The lowest BCUT2D eigenvalue weighted by molar-refractivity contribution is -0.136. The Bertz CT molecular complexity index is 974. The van der Waals surface area contributed by atoms with Gasteiger partial charge in [-0.05, 0) is 49.1 Å². The second kappa shape index (κ2) is 10.0. The van der Waals surface area contributed by atoms with E-state index in [4.69, 9.17) is 14.2 Å². The van der Waals surface area contributed by atoms with Gasteiger partial charge < -0.3 is 19.1 Å². The minimum atomic E-state index is -0.0109. The quantitative estimate of drug-likeness (QED) is 0.589. The molecule has 4 rings (SSSR count). The third-order valence-corrected chi connectivity index (χ3v) is 6.73. The highest BCUT2D eigenvalue weighted by Crippen LogP contribution is 2.39. The molecule has 2 aromatic rings. The van der Waals surface area contributed by atoms with Crippen molar-refractivity contribution in [2.24, 2.45) is 11.8 Å². The monoisotopic (exact) mass is 452 g/mol. The number of methoxy groups -OCH3 is 1. The molecule has 2 heterocycles. The summed E-state index contributed by atoms with van der Waals surface area (Å²) in [6, 6.07) is 14.6. The molecule has 0 radical (unpaired) electrons. The van der Waals surface area contributed by atoms with Gasteiger partial charge in [0.15, 0.2) is 11.5 Å². The minimum absolute atomic E-state index is 0.0109. The van der Waals surface area contributed by atoms with E-state index in [2.05, 4.69) is 47.9 Å². The van der Waals surface area contributed by atoms with Crippen LogP contribution in [0.25, 0.3) is 0 Å². The van der Waals surface area contributed by atoms with E-state index in [1.165, 1.54) is 11.1 Å². The van der Waals surface area contributed by atoms with Crippen molar-refractivity contribution in [2.45, 2.75) is 46.2 Å². The Morgan fingerprint density at radius 2 is 1.85 bits per heavy atom. The van der Waals surface area contributed by atoms with Gasteiger partial charge in [-0.3, -0.25) is 9.69 Å². The van der Waals surface area contributed by atoms with E-state index in [1.54, 1.807) is 7.11 Å². The predicted octanol–water partition coefficient (Wildman–Crippen LogP) is 4.53. The van der Waals surface area contributed by atoms with Crippen molar-refractivity contribution in [3.05, 3.63) is 53.6 Å². The van der Waals surface area contributed by atoms with Crippen molar-refractivity contribution in [2.75, 3.05) is 33.5 Å². The highest BCUT2D eigenvalue weighted by atomic mass is 16.7. The van der Waals surface area contributed by atoms with E-state index in [-0.39, 0.29) is 30.6 Å². The molecule has 178 valence electrons. The van der Waals surface area contributed by atoms with Crippen LogP contribution in [0, 0.1) is 11.8 Å². The van der Waals surface area contributed by atoms with Crippen molar-refractivity contribution >= 4 is 5.91 Å². The van der Waals surface area contributed by atoms with Crippen molar-refractivity contribution in [3.8, 4) is 17.2 Å². The molecule has 2 aliphatic rings. The summed E-state index contributed by atoms with van der Waals surface area (Å²) in [5, 5.41) is 0. The largest absolute Gasteiger partial charge is 0.496 e. The number of nitrogens with zero attached hydrogens (tertiary/aromatic N) is 2. The number of rotatable bonds is 8. The summed E-state index contributed by atoms with van der Waals surface area (Å²) in [4.78, 5) is 17.5. The van der Waals surface area contributed by atoms with E-state index in [0.29, 0.717) is 5.92 Å². The Labute approximate surface area is 197 Å². The summed E-state index contributed by atoms with van der Waals surface area (Å²) in [6.07, 6.45) is 0. The number of likely N-dealkylation sites (tertiary alicyclic amines) is 1. The van der Waals surface area contributed by atoms with Gasteiger partial charge in [0.2, 0.25) is 12.7 Å². The van der Waals surface area contributed by atoms with Crippen LogP contribution in [0.2, 0.25) is 0 Å². The van der Waals surface area contributed by atoms with Gasteiger partial charge in [-0.1, -0.05) is 38.1 Å². The van der Waals surface area contributed by atoms with Crippen molar-refractivity contribution in [1.82, 2.24) is 9.80 Å². The Kier molecular flexibility index (Phi) is 7.13. The normalized spacial score (nSPS) is 20.0. The number of benzene rings is 2. The highest BCUT2D eigenvalue weighted by molar-refractivity contribution is 5.78.